The molecule has 0 spiro atoms. The number of amides is 1. The molecule has 0 aliphatic carbocycles. The van der Waals surface area contributed by atoms with Gasteiger partial charge in [-0.15, -0.1) is 10.2 Å². The summed E-state index contributed by atoms with van der Waals surface area (Å²) in [4.78, 5) is 23.7. The minimum atomic E-state index is -0.386. The second kappa shape index (κ2) is 9.14. The molecule has 144 valence electrons. The van der Waals surface area contributed by atoms with Gasteiger partial charge in [-0.3, -0.25) is 4.79 Å². The highest BCUT2D eigenvalue weighted by atomic mass is 32.2. The van der Waals surface area contributed by atoms with E-state index in [1.165, 1.54) is 11.8 Å². The van der Waals surface area contributed by atoms with Gasteiger partial charge in [-0.1, -0.05) is 11.8 Å². The predicted molar refractivity (Wildman–Crippen MR) is 106 cm³/mol. The first-order chi connectivity index (χ1) is 13.6. The highest BCUT2D eigenvalue weighted by Gasteiger charge is 2.09. The first-order valence-electron chi connectivity index (χ1n) is 8.61. The summed E-state index contributed by atoms with van der Waals surface area (Å²) in [5.74, 6) is 0.248. The topological polar surface area (TPSA) is 99.0 Å². The van der Waals surface area contributed by atoms with Crippen LogP contribution in [0.15, 0.2) is 53.7 Å². The molecule has 1 aromatic carbocycles. The van der Waals surface area contributed by atoms with Gasteiger partial charge in [0.1, 0.15) is 5.03 Å². The Hall–Kier alpha value is -3.20. The van der Waals surface area contributed by atoms with Gasteiger partial charge in [0.05, 0.1) is 17.9 Å². The van der Waals surface area contributed by atoms with Crippen LogP contribution < -0.4 is 5.32 Å². The van der Waals surface area contributed by atoms with Crippen molar-refractivity contribution in [2.45, 2.75) is 18.9 Å². The minimum Gasteiger partial charge on any atom is -0.462 e. The molecule has 1 amide bonds. The van der Waals surface area contributed by atoms with E-state index < -0.39 is 0 Å². The number of hydrogen-bond acceptors (Lipinski definition) is 7. The van der Waals surface area contributed by atoms with Crippen LogP contribution in [-0.2, 0) is 9.53 Å². The van der Waals surface area contributed by atoms with Crippen LogP contribution in [0, 0.1) is 6.92 Å². The van der Waals surface area contributed by atoms with E-state index in [1.54, 1.807) is 54.2 Å². The molecule has 0 saturated carbocycles. The quantitative estimate of drug-likeness (QED) is 0.483. The number of carbonyl (C=O) groups excluding carboxylic acids is 2. The lowest BCUT2D eigenvalue weighted by molar-refractivity contribution is -0.113. The van der Waals surface area contributed by atoms with Gasteiger partial charge in [-0.2, -0.15) is 5.10 Å². The van der Waals surface area contributed by atoms with Gasteiger partial charge in [0.15, 0.2) is 5.82 Å². The van der Waals surface area contributed by atoms with Crippen LogP contribution in [0.5, 0.6) is 0 Å². The van der Waals surface area contributed by atoms with Crippen molar-refractivity contribution in [1.82, 2.24) is 20.0 Å². The third-order valence-corrected chi connectivity index (χ3v) is 4.63. The molecule has 0 bridgehead atoms. The summed E-state index contributed by atoms with van der Waals surface area (Å²) in [5, 5.41) is 15.9. The van der Waals surface area contributed by atoms with E-state index in [2.05, 4.69) is 20.6 Å². The lowest BCUT2D eigenvalue weighted by Gasteiger charge is -2.07. The zero-order chi connectivity index (χ0) is 19.9. The molecule has 0 fully saturated rings. The lowest BCUT2D eigenvalue weighted by Crippen LogP contribution is -2.14. The largest absolute Gasteiger partial charge is 0.462 e. The molecule has 1 N–H and O–H groups in total. The van der Waals surface area contributed by atoms with Gasteiger partial charge in [0.25, 0.3) is 0 Å². The van der Waals surface area contributed by atoms with Gasteiger partial charge in [-0.05, 0) is 56.3 Å². The molecule has 8 nitrogen and oxygen atoms in total. The summed E-state index contributed by atoms with van der Waals surface area (Å²) >= 11 is 1.28. The normalized spacial score (nSPS) is 10.5. The molecule has 28 heavy (non-hydrogen) atoms. The van der Waals surface area contributed by atoms with Crippen molar-refractivity contribution in [3.8, 4) is 5.82 Å². The fraction of sp³-hybridized carbons (Fsp3) is 0.211. The third-order valence-electron chi connectivity index (χ3n) is 3.71. The number of anilines is 1. The Morgan fingerprint density at radius 2 is 1.89 bits per heavy atom. The third kappa shape index (κ3) is 4.95. The molecular weight excluding hydrogens is 378 g/mol. The number of esters is 1. The van der Waals surface area contributed by atoms with E-state index in [0.29, 0.717) is 28.7 Å². The molecular formula is C19H19N5O3S. The van der Waals surface area contributed by atoms with E-state index in [4.69, 9.17) is 4.74 Å². The number of nitrogens with one attached hydrogen (secondary N) is 1. The number of rotatable bonds is 7. The number of aryl methyl sites for hydroxylation is 1. The fourth-order valence-corrected chi connectivity index (χ4v) is 2.97. The second-order valence-electron chi connectivity index (χ2n) is 5.75. The zero-order valence-electron chi connectivity index (χ0n) is 15.5. The Balaban J connectivity index is 1.51. The first-order valence-corrected chi connectivity index (χ1v) is 9.60. The number of benzene rings is 1. The number of hydrogen-bond donors (Lipinski definition) is 1. The average Bonchev–Trinajstić information content (AvgIpc) is 3.13. The van der Waals surface area contributed by atoms with Crippen molar-refractivity contribution in [3.63, 3.8) is 0 Å². The lowest BCUT2D eigenvalue weighted by atomic mass is 10.2. The van der Waals surface area contributed by atoms with Gasteiger partial charge >= 0.3 is 5.97 Å². The van der Waals surface area contributed by atoms with E-state index in [0.717, 1.165) is 5.69 Å². The van der Waals surface area contributed by atoms with Crippen LogP contribution in [0.3, 0.4) is 0 Å². The summed E-state index contributed by atoms with van der Waals surface area (Å²) < 4.78 is 6.62. The molecule has 2 heterocycles. The molecule has 0 radical (unpaired) electrons. The number of carbonyl (C=O) groups is 2. The fourth-order valence-electron chi connectivity index (χ4n) is 2.35. The van der Waals surface area contributed by atoms with Crippen LogP contribution in [0.4, 0.5) is 5.69 Å². The summed E-state index contributed by atoms with van der Waals surface area (Å²) in [6.07, 6.45) is 1.70. The molecule has 3 rings (SSSR count). The number of aromatic nitrogens is 4. The smallest absolute Gasteiger partial charge is 0.338 e. The SMILES string of the molecule is CCOC(=O)c1ccc(NC(=O)CSc2ccc(-n3nccc3C)nn2)cc1. The molecule has 0 aliphatic heterocycles. The predicted octanol–water partition coefficient (Wildman–Crippen LogP) is 2.88. The zero-order valence-corrected chi connectivity index (χ0v) is 16.3. The van der Waals surface area contributed by atoms with Crippen molar-refractivity contribution in [1.29, 1.82) is 0 Å². The van der Waals surface area contributed by atoms with Crippen LogP contribution in [-0.4, -0.2) is 44.2 Å². The summed E-state index contributed by atoms with van der Waals surface area (Å²) in [7, 11) is 0. The first kappa shape index (κ1) is 19.6. The van der Waals surface area contributed by atoms with E-state index in [-0.39, 0.29) is 17.6 Å². The molecule has 0 atom stereocenters. The molecule has 0 aliphatic rings. The van der Waals surface area contributed by atoms with Crippen LogP contribution >= 0.6 is 11.8 Å². The summed E-state index contributed by atoms with van der Waals surface area (Å²) in [6.45, 7) is 4.00. The van der Waals surface area contributed by atoms with Crippen LogP contribution in [0.2, 0.25) is 0 Å². The molecule has 9 heteroatoms. The Kier molecular flexibility index (Phi) is 6.38. The number of nitrogens with zero attached hydrogens (tertiary/aromatic N) is 4. The van der Waals surface area contributed by atoms with E-state index >= 15 is 0 Å². The second-order valence-corrected chi connectivity index (χ2v) is 6.74. The van der Waals surface area contributed by atoms with Gasteiger partial charge in [0.2, 0.25) is 5.91 Å². The van der Waals surface area contributed by atoms with Crippen molar-refractivity contribution in [2.75, 3.05) is 17.7 Å². The summed E-state index contributed by atoms with van der Waals surface area (Å²) in [6, 6.07) is 12.0. The monoisotopic (exact) mass is 397 g/mol. The van der Waals surface area contributed by atoms with Crippen molar-refractivity contribution in [2.24, 2.45) is 0 Å². The summed E-state index contributed by atoms with van der Waals surface area (Å²) in [5.41, 5.74) is 2.01. The minimum absolute atomic E-state index is 0.178. The Labute approximate surface area is 166 Å². The maximum absolute atomic E-state index is 12.1. The average molecular weight is 397 g/mol. The Morgan fingerprint density at radius 1 is 1.11 bits per heavy atom. The van der Waals surface area contributed by atoms with Crippen LogP contribution in [0.1, 0.15) is 23.0 Å². The van der Waals surface area contributed by atoms with E-state index in [9.17, 15) is 9.59 Å². The Bertz CT molecular complexity index is 954. The highest BCUT2D eigenvalue weighted by molar-refractivity contribution is 7.99. The standard InChI is InChI=1S/C19H19N5O3S/c1-3-27-19(26)14-4-6-15(7-5-14)21-17(25)12-28-18-9-8-16(22-23-18)24-13(2)10-11-20-24/h4-11H,3,12H2,1-2H3,(H,21,25). The Morgan fingerprint density at radius 3 is 2.50 bits per heavy atom. The molecule has 3 aromatic rings. The number of thioether (sulfide) groups is 1. The van der Waals surface area contributed by atoms with Crippen molar-refractivity contribution in [3.05, 3.63) is 59.9 Å². The van der Waals surface area contributed by atoms with Gasteiger partial charge in [0, 0.05) is 17.6 Å². The van der Waals surface area contributed by atoms with E-state index in [1.807, 2.05) is 13.0 Å². The maximum Gasteiger partial charge on any atom is 0.338 e. The number of ether oxygens (including phenoxy) is 1. The molecule has 0 saturated heterocycles. The molecule has 2 aromatic heterocycles. The van der Waals surface area contributed by atoms with Crippen molar-refractivity contribution < 1.29 is 14.3 Å². The maximum atomic E-state index is 12.1. The van der Waals surface area contributed by atoms with Crippen LogP contribution in [0.25, 0.3) is 5.82 Å². The van der Waals surface area contributed by atoms with Crippen molar-refractivity contribution >= 4 is 29.3 Å². The van der Waals surface area contributed by atoms with Gasteiger partial charge in [-0.25, -0.2) is 9.48 Å². The van der Waals surface area contributed by atoms with Gasteiger partial charge < -0.3 is 10.1 Å². The highest BCUT2D eigenvalue weighted by Crippen LogP contribution is 2.17. The molecule has 0 unspecified atom stereocenters.